The molecule has 2 rings (SSSR count). The standard InChI is InChI=1S/C15H15NO3S2/c17-14(16-9-13-7-4-8-20-13)10-19-15(18)11-21-12-5-2-1-3-6-12/h1-8H,9-11H2,(H,16,17). The van der Waals surface area contributed by atoms with E-state index in [0.717, 1.165) is 9.77 Å². The van der Waals surface area contributed by atoms with Gasteiger partial charge in [-0.25, -0.2) is 0 Å². The maximum atomic E-state index is 11.5. The Kier molecular flexibility index (Phi) is 6.30. The molecule has 0 aliphatic carbocycles. The quantitative estimate of drug-likeness (QED) is 0.629. The molecule has 1 N–H and O–H groups in total. The fourth-order valence-corrected chi connectivity index (χ4v) is 2.86. The molecule has 0 radical (unpaired) electrons. The zero-order chi connectivity index (χ0) is 14.9. The minimum Gasteiger partial charge on any atom is -0.455 e. The Morgan fingerprint density at radius 3 is 2.67 bits per heavy atom. The van der Waals surface area contributed by atoms with Gasteiger partial charge in [-0.3, -0.25) is 9.59 Å². The van der Waals surface area contributed by atoms with E-state index >= 15 is 0 Å². The monoisotopic (exact) mass is 321 g/mol. The second kappa shape index (κ2) is 8.49. The van der Waals surface area contributed by atoms with Gasteiger partial charge in [-0.2, -0.15) is 0 Å². The summed E-state index contributed by atoms with van der Waals surface area (Å²) < 4.78 is 4.93. The van der Waals surface area contributed by atoms with E-state index in [2.05, 4.69) is 5.32 Å². The Balaban J connectivity index is 1.61. The maximum absolute atomic E-state index is 11.5. The van der Waals surface area contributed by atoms with Crippen molar-refractivity contribution in [1.29, 1.82) is 0 Å². The van der Waals surface area contributed by atoms with Crippen LogP contribution in [0.25, 0.3) is 0 Å². The lowest BCUT2D eigenvalue weighted by Gasteiger charge is -2.05. The summed E-state index contributed by atoms with van der Waals surface area (Å²) in [4.78, 5) is 25.1. The summed E-state index contributed by atoms with van der Waals surface area (Å²) in [5.41, 5.74) is 0. The predicted molar refractivity (Wildman–Crippen MR) is 84.3 cm³/mol. The minimum atomic E-state index is -0.393. The van der Waals surface area contributed by atoms with Crippen molar-refractivity contribution >= 4 is 35.0 Å². The van der Waals surface area contributed by atoms with Gasteiger partial charge in [0, 0.05) is 9.77 Å². The van der Waals surface area contributed by atoms with E-state index in [9.17, 15) is 9.59 Å². The normalized spacial score (nSPS) is 10.1. The molecule has 0 saturated heterocycles. The van der Waals surface area contributed by atoms with Crippen LogP contribution in [0.2, 0.25) is 0 Å². The number of carbonyl (C=O) groups is 2. The number of esters is 1. The van der Waals surface area contributed by atoms with Crippen LogP contribution in [0.1, 0.15) is 4.88 Å². The highest BCUT2D eigenvalue weighted by Gasteiger charge is 2.08. The fraction of sp³-hybridized carbons (Fsp3) is 0.200. The van der Waals surface area contributed by atoms with Crippen LogP contribution >= 0.6 is 23.1 Å². The van der Waals surface area contributed by atoms with Crippen molar-refractivity contribution < 1.29 is 14.3 Å². The molecule has 6 heteroatoms. The predicted octanol–water partition coefficient (Wildman–Crippen LogP) is 2.70. The van der Waals surface area contributed by atoms with Gasteiger partial charge in [0.15, 0.2) is 6.61 Å². The lowest BCUT2D eigenvalue weighted by Crippen LogP contribution is -2.28. The summed E-state index contributed by atoms with van der Waals surface area (Å²) in [5.74, 6) is -0.487. The van der Waals surface area contributed by atoms with E-state index in [1.807, 2.05) is 47.8 Å². The Morgan fingerprint density at radius 2 is 1.95 bits per heavy atom. The van der Waals surface area contributed by atoms with Crippen molar-refractivity contribution in [3.05, 3.63) is 52.7 Å². The van der Waals surface area contributed by atoms with Gasteiger partial charge in [0.1, 0.15) is 0 Å². The highest BCUT2D eigenvalue weighted by atomic mass is 32.2. The number of ether oxygens (including phenoxy) is 1. The van der Waals surface area contributed by atoms with Crippen LogP contribution in [-0.2, 0) is 20.9 Å². The highest BCUT2D eigenvalue weighted by molar-refractivity contribution is 8.00. The average Bonchev–Trinajstić information content (AvgIpc) is 3.03. The second-order valence-corrected chi connectivity index (χ2v) is 6.20. The molecule has 1 heterocycles. The summed E-state index contributed by atoms with van der Waals surface area (Å²) >= 11 is 2.96. The number of carbonyl (C=O) groups excluding carboxylic acids is 2. The van der Waals surface area contributed by atoms with Gasteiger partial charge in [0.2, 0.25) is 0 Å². The summed E-state index contributed by atoms with van der Waals surface area (Å²) in [5, 5.41) is 4.65. The molecule has 110 valence electrons. The Morgan fingerprint density at radius 1 is 1.14 bits per heavy atom. The van der Waals surface area contributed by atoms with E-state index in [-0.39, 0.29) is 18.3 Å². The van der Waals surface area contributed by atoms with Crippen molar-refractivity contribution in [2.45, 2.75) is 11.4 Å². The van der Waals surface area contributed by atoms with Crippen molar-refractivity contribution in [1.82, 2.24) is 5.32 Å². The van der Waals surface area contributed by atoms with Gasteiger partial charge < -0.3 is 10.1 Å². The number of amides is 1. The number of thiophene rings is 1. The molecule has 0 aliphatic rings. The number of nitrogens with one attached hydrogen (secondary N) is 1. The maximum Gasteiger partial charge on any atom is 0.316 e. The average molecular weight is 321 g/mol. The van der Waals surface area contributed by atoms with Gasteiger partial charge in [0.25, 0.3) is 5.91 Å². The highest BCUT2D eigenvalue weighted by Crippen LogP contribution is 2.16. The van der Waals surface area contributed by atoms with Crippen molar-refractivity contribution in [2.24, 2.45) is 0 Å². The van der Waals surface area contributed by atoms with Gasteiger partial charge in [-0.05, 0) is 23.6 Å². The van der Waals surface area contributed by atoms with Crippen LogP contribution in [0.3, 0.4) is 0 Å². The smallest absolute Gasteiger partial charge is 0.316 e. The van der Waals surface area contributed by atoms with Gasteiger partial charge in [-0.1, -0.05) is 24.3 Å². The Hall–Kier alpha value is -1.79. The molecule has 1 aromatic heterocycles. The molecule has 4 nitrogen and oxygen atoms in total. The largest absolute Gasteiger partial charge is 0.455 e. The lowest BCUT2D eigenvalue weighted by molar-refractivity contribution is -0.145. The number of rotatable bonds is 7. The first-order chi connectivity index (χ1) is 10.2. The van der Waals surface area contributed by atoms with Crippen molar-refractivity contribution in [3.63, 3.8) is 0 Å². The Labute approximate surface area is 131 Å². The topological polar surface area (TPSA) is 55.4 Å². The molecular weight excluding hydrogens is 306 g/mol. The molecule has 0 fully saturated rings. The second-order valence-electron chi connectivity index (χ2n) is 4.12. The van der Waals surface area contributed by atoms with Crippen LogP contribution < -0.4 is 5.32 Å². The summed E-state index contributed by atoms with van der Waals surface area (Å²) in [6.45, 7) is 0.229. The number of hydrogen-bond acceptors (Lipinski definition) is 5. The first-order valence-corrected chi connectivity index (χ1v) is 8.23. The van der Waals surface area contributed by atoms with Crippen LogP contribution in [0, 0.1) is 0 Å². The molecule has 0 spiro atoms. The van der Waals surface area contributed by atoms with Crippen molar-refractivity contribution in [2.75, 3.05) is 12.4 Å². The molecular formula is C15H15NO3S2. The van der Waals surface area contributed by atoms with E-state index in [1.54, 1.807) is 11.3 Å². The fourth-order valence-electron chi connectivity index (χ4n) is 1.50. The third-order valence-corrected chi connectivity index (χ3v) is 4.37. The van der Waals surface area contributed by atoms with E-state index in [4.69, 9.17) is 4.74 Å². The van der Waals surface area contributed by atoms with Gasteiger partial charge >= 0.3 is 5.97 Å². The lowest BCUT2D eigenvalue weighted by atomic mass is 10.4. The first-order valence-electron chi connectivity index (χ1n) is 6.36. The molecule has 21 heavy (non-hydrogen) atoms. The van der Waals surface area contributed by atoms with E-state index in [1.165, 1.54) is 11.8 Å². The van der Waals surface area contributed by atoms with E-state index < -0.39 is 5.97 Å². The molecule has 0 unspecified atom stereocenters. The van der Waals surface area contributed by atoms with Gasteiger partial charge in [0.05, 0.1) is 12.3 Å². The number of benzene rings is 1. The van der Waals surface area contributed by atoms with Crippen LogP contribution in [0.5, 0.6) is 0 Å². The van der Waals surface area contributed by atoms with Crippen LogP contribution in [0.4, 0.5) is 0 Å². The number of hydrogen-bond donors (Lipinski definition) is 1. The Bertz CT molecular complexity index is 570. The van der Waals surface area contributed by atoms with Gasteiger partial charge in [-0.15, -0.1) is 23.1 Å². The number of thioether (sulfide) groups is 1. The molecule has 0 saturated carbocycles. The van der Waals surface area contributed by atoms with Crippen LogP contribution in [-0.4, -0.2) is 24.2 Å². The molecule has 1 aromatic carbocycles. The van der Waals surface area contributed by atoms with Crippen molar-refractivity contribution in [3.8, 4) is 0 Å². The minimum absolute atomic E-state index is 0.197. The molecule has 2 aromatic rings. The third-order valence-electron chi connectivity index (χ3n) is 2.50. The summed E-state index contributed by atoms with van der Waals surface area (Å²) in [6, 6.07) is 13.4. The zero-order valence-corrected chi connectivity index (χ0v) is 12.9. The van der Waals surface area contributed by atoms with E-state index in [0.29, 0.717) is 6.54 Å². The SMILES string of the molecule is O=C(COC(=O)CSc1ccccc1)NCc1cccs1. The van der Waals surface area contributed by atoms with Crippen LogP contribution in [0.15, 0.2) is 52.7 Å². The summed E-state index contributed by atoms with van der Waals surface area (Å²) in [7, 11) is 0. The molecule has 0 atom stereocenters. The zero-order valence-electron chi connectivity index (χ0n) is 11.3. The third kappa shape index (κ3) is 6.01. The summed E-state index contributed by atoms with van der Waals surface area (Å²) in [6.07, 6.45) is 0. The first kappa shape index (κ1) is 15.6. The molecule has 0 bridgehead atoms. The molecule has 1 amide bonds. The molecule has 0 aliphatic heterocycles.